The molecule has 1 aromatic heterocycles. The highest BCUT2D eigenvalue weighted by molar-refractivity contribution is 7.99. The van der Waals surface area contributed by atoms with Crippen molar-refractivity contribution in [3.8, 4) is 0 Å². The van der Waals surface area contributed by atoms with Crippen molar-refractivity contribution in [2.75, 3.05) is 41.4 Å². The van der Waals surface area contributed by atoms with Gasteiger partial charge in [-0.1, -0.05) is 12.8 Å². The molecule has 1 aliphatic carbocycles. The van der Waals surface area contributed by atoms with E-state index in [2.05, 4.69) is 36.5 Å². The summed E-state index contributed by atoms with van der Waals surface area (Å²) < 4.78 is 0. The summed E-state index contributed by atoms with van der Waals surface area (Å²) in [5, 5.41) is 6.38. The van der Waals surface area contributed by atoms with E-state index >= 15 is 0 Å². The number of carbonyl (C=O) groups is 1. The molecule has 1 aromatic rings. The molecule has 0 radical (unpaired) electrons. The molecule has 1 saturated carbocycles. The third-order valence-corrected chi connectivity index (χ3v) is 8.00. The van der Waals surface area contributed by atoms with Crippen LogP contribution >= 0.6 is 11.8 Å². The minimum Gasteiger partial charge on any atom is -0.369 e. The molecule has 5 heterocycles. The van der Waals surface area contributed by atoms with E-state index in [1.54, 1.807) is 0 Å². The second kappa shape index (κ2) is 7.55. The van der Waals surface area contributed by atoms with Gasteiger partial charge >= 0.3 is 0 Å². The zero-order chi connectivity index (χ0) is 20.8. The molecule has 2 N–H and O–H groups in total. The Kier molecular flexibility index (Phi) is 4.66. The van der Waals surface area contributed by atoms with Crippen LogP contribution in [0.3, 0.4) is 0 Å². The number of fused-ring (bicyclic) bond motifs is 4. The Balaban J connectivity index is 1.21. The van der Waals surface area contributed by atoms with Crippen LogP contribution < -0.4 is 15.5 Å². The van der Waals surface area contributed by atoms with Gasteiger partial charge in [0.2, 0.25) is 5.96 Å². The van der Waals surface area contributed by atoms with Crippen molar-refractivity contribution in [1.29, 1.82) is 0 Å². The van der Waals surface area contributed by atoms with Crippen molar-refractivity contribution in [2.45, 2.75) is 37.4 Å². The van der Waals surface area contributed by atoms with Gasteiger partial charge in [0.25, 0.3) is 5.91 Å². The Labute approximate surface area is 186 Å². The van der Waals surface area contributed by atoms with E-state index in [1.807, 2.05) is 36.3 Å². The highest BCUT2D eigenvalue weighted by Gasteiger charge is 2.53. The van der Waals surface area contributed by atoms with Crippen LogP contribution in [0.5, 0.6) is 0 Å². The van der Waals surface area contributed by atoms with Crippen LogP contribution in [0.2, 0.25) is 0 Å². The van der Waals surface area contributed by atoms with Gasteiger partial charge in [0.05, 0.1) is 23.3 Å². The summed E-state index contributed by atoms with van der Waals surface area (Å²) in [4.78, 5) is 31.3. The van der Waals surface area contributed by atoms with E-state index in [9.17, 15) is 4.79 Å². The molecule has 4 aliphatic heterocycles. The lowest BCUT2D eigenvalue weighted by Crippen LogP contribution is -2.62. The van der Waals surface area contributed by atoms with E-state index in [0.29, 0.717) is 12.5 Å². The second-order valence-electron chi connectivity index (χ2n) is 8.88. The van der Waals surface area contributed by atoms with E-state index < -0.39 is 0 Å². The predicted octanol–water partition coefficient (Wildman–Crippen LogP) is 2.07. The minimum absolute atomic E-state index is 0.00836. The first-order valence-corrected chi connectivity index (χ1v) is 12.3. The van der Waals surface area contributed by atoms with Gasteiger partial charge in [-0.3, -0.25) is 4.79 Å². The van der Waals surface area contributed by atoms with Crippen LogP contribution in [0.25, 0.3) is 0 Å². The summed E-state index contributed by atoms with van der Waals surface area (Å²) in [5.41, 5.74) is 1.92. The number of amides is 1. The second-order valence-corrected chi connectivity index (χ2v) is 10.1. The van der Waals surface area contributed by atoms with Gasteiger partial charge in [-0.05, 0) is 31.1 Å². The van der Waals surface area contributed by atoms with Crippen molar-refractivity contribution in [3.05, 3.63) is 30.1 Å². The van der Waals surface area contributed by atoms with Crippen LogP contribution in [0.15, 0.2) is 40.1 Å². The Morgan fingerprint density at radius 2 is 2.03 bits per heavy atom. The molecule has 162 valence electrons. The zero-order valence-corrected chi connectivity index (χ0v) is 18.3. The van der Waals surface area contributed by atoms with Crippen molar-refractivity contribution in [1.82, 2.24) is 15.2 Å². The van der Waals surface area contributed by atoms with E-state index in [4.69, 9.17) is 4.99 Å². The van der Waals surface area contributed by atoms with Crippen molar-refractivity contribution in [3.63, 3.8) is 0 Å². The molecule has 5 aliphatic rings. The average molecular weight is 438 g/mol. The molecular formula is C22H27N7OS. The number of nitrogens with one attached hydrogen (secondary N) is 2. The van der Waals surface area contributed by atoms with Gasteiger partial charge in [0, 0.05) is 37.4 Å². The molecule has 0 bridgehead atoms. The van der Waals surface area contributed by atoms with Gasteiger partial charge in [-0.2, -0.15) is 11.8 Å². The monoisotopic (exact) mass is 437 g/mol. The molecule has 6 rings (SSSR count). The Morgan fingerprint density at radius 1 is 1.19 bits per heavy atom. The van der Waals surface area contributed by atoms with Crippen LogP contribution in [-0.2, 0) is 4.79 Å². The third kappa shape index (κ3) is 3.30. The van der Waals surface area contributed by atoms with Crippen LogP contribution in [0.1, 0.15) is 25.7 Å². The minimum atomic E-state index is -0.107. The fourth-order valence-corrected chi connectivity index (χ4v) is 6.39. The molecular weight excluding hydrogens is 410 g/mol. The molecule has 0 aromatic carbocycles. The fourth-order valence-electron chi connectivity index (χ4n) is 5.48. The van der Waals surface area contributed by atoms with Crippen molar-refractivity contribution in [2.24, 2.45) is 15.9 Å². The smallest absolute Gasteiger partial charge is 0.267 e. The lowest BCUT2D eigenvalue weighted by Gasteiger charge is -2.48. The fraction of sp³-hybridized carbons (Fsp3) is 0.545. The van der Waals surface area contributed by atoms with Crippen molar-refractivity contribution < 1.29 is 4.79 Å². The van der Waals surface area contributed by atoms with Crippen LogP contribution in [-0.4, -0.2) is 70.8 Å². The topological polar surface area (TPSA) is 85.2 Å². The first kappa shape index (κ1) is 19.2. The normalized spacial score (nSPS) is 28.7. The quantitative estimate of drug-likeness (QED) is 0.737. The first-order chi connectivity index (χ1) is 15.2. The molecule has 2 atom stereocenters. The highest BCUT2D eigenvalue weighted by atomic mass is 32.2. The van der Waals surface area contributed by atoms with Gasteiger partial charge in [0.15, 0.2) is 0 Å². The number of nitrogens with zero attached hydrogens (tertiary/aromatic N) is 5. The number of piperazine rings is 1. The summed E-state index contributed by atoms with van der Waals surface area (Å²) in [7, 11) is 0. The maximum absolute atomic E-state index is 12.5. The number of rotatable bonds is 2. The number of thioether (sulfide) groups is 1. The number of aromatic nitrogens is 1. The SMILES string of the molecule is O=C1NCC2(CCCC2)N2C1=CC1C=NC(Nc3ccc(N4CCSCC4)cn3)=NC12. The van der Waals surface area contributed by atoms with Crippen LogP contribution in [0.4, 0.5) is 11.5 Å². The standard InChI is InChI=1S/C22H27N7OS/c30-20-17-11-15-12-24-21(27-19(15)29(17)22(14-25-20)5-1-2-6-22)26-18-4-3-16(13-23-18)28-7-9-31-10-8-28/h3-4,11-13,15,19H,1-2,5-10,14H2,(H,25,30)(H,23,26,27). The molecule has 1 amide bonds. The first-order valence-electron chi connectivity index (χ1n) is 11.2. The summed E-state index contributed by atoms with van der Waals surface area (Å²) in [6.07, 6.45) is 10.4. The number of anilines is 2. The third-order valence-electron chi connectivity index (χ3n) is 7.06. The van der Waals surface area contributed by atoms with Gasteiger partial charge < -0.3 is 20.4 Å². The molecule has 1 spiro atoms. The number of pyridine rings is 1. The summed E-state index contributed by atoms with van der Waals surface area (Å²) in [6, 6.07) is 4.10. The lowest BCUT2D eigenvalue weighted by molar-refractivity contribution is -0.123. The molecule has 9 heteroatoms. The van der Waals surface area contributed by atoms with Crippen molar-refractivity contribution >= 4 is 41.3 Å². The average Bonchev–Trinajstić information content (AvgIpc) is 3.43. The number of aliphatic imine (C=N–C) groups is 2. The summed E-state index contributed by atoms with van der Waals surface area (Å²) in [5.74, 6) is 3.68. The maximum Gasteiger partial charge on any atom is 0.267 e. The van der Waals surface area contributed by atoms with Crippen LogP contribution in [0, 0.1) is 5.92 Å². The van der Waals surface area contributed by atoms with E-state index in [1.165, 1.54) is 24.3 Å². The summed E-state index contributed by atoms with van der Waals surface area (Å²) >= 11 is 2.00. The number of carbonyl (C=O) groups excluding carboxylic acids is 1. The van der Waals surface area contributed by atoms with E-state index in [-0.39, 0.29) is 23.5 Å². The maximum atomic E-state index is 12.5. The molecule has 3 fully saturated rings. The van der Waals surface area contributed by atoms with Gasteiger partial charge in [-0.15, -0.1) is 0 Å². The summed E-state index contributed by atoms with van der Waals surface area (Å²) in [6.45, 7) is 2.85. The molecule has 31 heavy (non-hydrogen) atoms. The number of guanidine groups is 1. The molecule has 8 nitrogen and oxygen atoms in total. The van der Waals surface area contributed by atoms with Gasteiger partial charge in [-0.25, -0.2) is 15.0 Å². The molecule has 2 unspecified atom stereocenters. The molecule has 2 saturated heterocycles. The lowest BCUT2D eigenvalue weighted by atomic mass is 9.91. The Hall–Kier alpha value is -2.55. The Bertz CT molecular complexity index is 961. The number of hydrogen-bond acceptors (Lipinski definition) is 8. The predicted molar refractivity (Wildman–Crippen MR) is 125 cm³/mol. The van der Waals surface area contributed by atoms with E-state index in [0.717, 1.165) is 43.1 Å². The highest BCUT2D eigenvalue weighted by Crippen LogP contribution is 2.45. The largest absolute Gasteiger partial charge is 0.369 e. The Morgan fingerprint density at radius 3 is 2.81 bits per heavy atom. The number of hydrogen-bond donors (Lipinski definition) is 2. The zero-order valence-electron chi connectivity index (χ0n) is 17.5. The van der Waals surface area contributed by atoms with Gasteiger partial charge in [0.1, 0.15) is 17.7 Å².